The average molecular weight is 236 g/mol. The molecule has 0 saturated carbocycles. The molecule has 0 unspecified atom stereocenters. The van der Waals surface area contributed by atoms with Crippen LogP contribution in [-0.2, 0) is 20.9 Å². The Balaban J connectivity index is 2.30. The summed E-state index contributed by atoms with van der Waals surface area (Å²) in [4.78, 5) is 22.1. The van der Waals surface area contributed by atoms with E-state index in [2.05, 4.69) is 15.6 Å². The fourth-order valence-electron chi connectivity index (χ4n) is 1.18. The lowest BCUT2D eigenvalue weighted by atomic mass is 10.1. The number of hydrazine groups is 1. The van der Waals surface area contributed by atoms with E-state index in [-0.39, 0.29) is 6.61 Å². The zero-order valence-electron chi connectivity index (χ0n) is 9.95. The van der Waals surface area contributed by atoms with Crippen LogP contribution in [0.15, 0.2) is 24.3 Å². The van der Waals surface area contributed by atoms with Crippen LogP contribution in [0.4, 0.5) is 0 Å². The van der Waals surface area contributed by atoms with Gasteiger partial charge in [-0.15, -0.1) is 0 Å². The molecule has 5 heteroatoms. The van der Waals surface area contributed by atoms with E-state index < -0.39 is 11.9 Å². The second kappa shape index (κ2) is 6.65. The zero-order valence-corrected chi connectivity index (χ0v) is 9.95. The third-order valence-electron chi connectivity index (χ3n) is 2.08. The molecule has 0 aromatic heterocycles. The maximum atomic E-state index is 11.1. The summed E-state index contributed by atoms with van der Waals surface area (Å²) in [6.45, 7) is 4.28. The normalized spacial score (nSPS) is 9.76. The molecule has 0 aliphatic heterocycles. The van der Waals surface area contributed by atoms with Crippen LogP contribution < -0.4 is 10.9 Å². The van der Waals surface area contributed by atoms with Gasteiger partial charge in [-0.1, -0.05) is 29.8 Å². The standard InChI is InChI=1S/C12H16N2O3/c1-3-17-12(16)11(15)14-13-8-10-6-4-9(2)5-7-10/h4-7,13H,3,8H2,1-2H3,(H,14,15). The molecule has 0 atom stereocenters. The first-order chi connectivity index (χ1) is 8.13. The van der Waals surface area contributed by atoms with Gasteiger partial charge in [0, 0.05) is 6.54 Å². The SMILES string of the molecule is CCOC(=O)C(=O)NNCc1ccc(C)cc1. The number of nitrogens with one attached hydrogen (secondary N) is 2. The van der Waals surface area contributed by atoms with Crippen molar-refractivity contribution in [3.63, 3.8) is 0 Å². The van der Waals surface area contributed by atoms with Gasteiger partial charge in [-0.25, -0.2) is 10.2 Å². The number of amides is 1. The molecule has 0 heterocycles. The number of carbonyl (C=O) groups excluding carboxylic acids is 2. The van der Waals surface area contributed by atoms with Crippen molar-refractivity contribution in [2.45, 2.75) is 20.4 Å². The second-order valence-electron chi connectivity index (χ2n) is 3.51. The summed E-state index contributed by atoms with van der Waals surface area (Å²) >= 11 is 0. The molecule has 5 nitrogen and oxygen atoms in total. The average Bonchev–Trinajstić information content (AvgIpc) is 2.32. The smallest absolute Gasteiger partial charge is 0.398 e. The number of hydrogen-bond donors (Lipinski definition) is 2. The van der Waals surface area contributed by atoms with Crippen LogP contribution in [0.2, 0.25) is 0 Å². The summed E-state index contributed by atoms with van der Waals surface area (Å²) in [5.74, 6) is -1.68. The minimum Gasteiger partial charge on any atom is -0.459 e. The van der Waals surface area contributed by atoms with Crippen molar-refractivity contribution in [2.24, 2.45) is 0 Å². The van der Waals surface area contributed by atoms with Gasteiger partial charge in [-0.05, 0) is 19.4 Å². The molecule has 0 bridgehead atoms. The van der Waals surface area contributed by atoms with Gasteiger partial charge in [0.25, 0.3) is 0 Å². The Morgan fingerprint density at radius 1 is 1.24 bits per heavy atom. The lowest BCUT2D eigenvalue weighted by Gasteiger charge is -2.06. The van der Waals surface area contributed by atoms with Crippen LogP contribution in [0, 0.1) is 6.92 Å². The maximum Gasteiger partial charge on any atom is 0.398 e. The van der Waals surface area contributed by atoms with E-state index in [1.807, 2.05) is 31.2 Å². The third-order valence-corrected chi connectivity index (χ3v) is 2.08. The molecule has 0 aliphatic carbocycles. The molecule has 1 amide bonds. The number of esters is 1. The van der Waals surface area contributed by atoms with Gasteiger partial charge in [0.2, 0.25) is 0 Å². The van der Waals surface area contributed by atoms with Crippen LogP contribution >= 0.6 is 0 Å². The molecular weight excluding hydrogens is 220 g/mol. The van der Waals surface area contributed by atoms with Gasteiger partial charge in [0.05, 0.1) is 6.61 Å². The molecule has 1 rings (SSSR count). The lowest BCUT2D eigenvalue weighted by Crippen LogP contribution is -2.41. The molecule has 0 radical (unpaired) electrons. The van der Waals surface area contributed by atoms with E-state index in [0.717, 1.165) is 5.56 Å². The van der Waals surface area contributed by atoms with Crippen LogP contribution in [0.1, 0.15) is 18.1 Å². The van der Waals surface area contributed by atoms with Gasteiger partial charge in [-0.3, -0.25) is 10.2 Å². The molecule has 0 spiro atoms. The van der Waals surface area contributed by atoms with E-state index in [4.69, 9.17) is 0 Å². The summed E-state index contributed by atoms with van der Waals surface area (Å²) in [5.41, 5.74) is 7.11. The van der Waals surface area contributed by atoms with Crippen molar-refractivity contribution in [3.05, 3.63) is 35.4 Å². The molecule has 0 aliphatic rings. The topological polar surface area (TPSA) is 67.4 Å². The van der Waals surface area contributed by atoms with E-state index in [1.54, 1.807) is 6.92 Å². The van der Waals surface area contributed by atoms with Gasteiger partial charge < -0.3 is 4.74 Å². The van der Waals surface area contributed by atoms with Crippen molar-refractivity contribution in [3.8, 4) is 0 Å². The Kier molecular flexibility index (Phi) is 5.16. The largest absolute Gasteiger partial charge is 0.459 e. The summed E-state index contributed by atoms with van der Waals surface area (Å²) in [6.07, 6.45) is 0. The number of carbonyl (C=O) groups is 2. The maximum absolute atomic E-state index is 11.1. The Labute approximate surface area is 100 Å². The molecule has 0 saturated heterocycles. The van der Waals surface area contributed by atoms with Gasteiger partial charge in [-0.2, -0.15) is 0 Å². The van der Waals surface area contributed by atoms with Crippen molar-refractivity contribution in [1.82, 2.24) is 10.9 Å². The summed E-state index contributed by atoms with van der Waals surface area (Å²) < 4.78 is 4.53. The van der Waals surface area contributed by atoms with Crippen LogP contribution in [0.3, 0.4) is 0 Å². The molecule has 1 aromatic rings. The number of ether oxygens (including phenoxy) is 1. The van der Waals surface area contributed by atoms with Crippen molar-refractivity contribution < 1.29 is 14.3 Å². The fourth-order valence-corrected chi connectivity index (χ4v) is 1.18. The van der Waals surface area contributed by atoms with E-state index in [1.165, 1.54) is 5.56 Å². The fraction of sp³-hybridized carbons (Fsp3) is 0.333. The highest BCUT2D eigenvalue weighted by Gasteiger charge is 2.13. The first-order valence-electron chi connectivity index (χ1n) is 5.39. The predicted molar refractivity (Wildman–Crippen MR) is 62.8 cm³/mol. The highest BCUT2D eigenvalue weighted by Crippen LogP contribution is 2.01. The number of benzene rings is 1. The number of rotatable bonds is 4. The lowest BCUT2D eigenvalue weighted by molar-refractivity contribution is -0.155. The molecule has 92 valence electrons. The number of aryl methyl sites for hydroxylation is 1. The molecular formula is C12H16N2O3. The van der Waals surface area contributed by atoms with Crippen LogP contribution in [0.5, 0.6) is 0 Å². The Hall–Kier alpha value is -1.88. The minimum atomic E-state index is -0.885. The summed E-state index contributed by atoms with van der Waals surface area (Å²) in [5, 5.41) is 0. The second-order valence-corrected chi connectivity index (χ2v) is 3.51. The third kappa shape index (κ3) is 4.65. The number of hydrogen-bond acceptors (Lipinski definition) is 4. The monoisotopic (exact) mass is 236 g/mol. The van der Waals surface area contributed by atoms with Crippen LogP contribution in [-0.4, -0.2) is 18.5 Å². The van der Waals surface area contributed by atoms with Gasteiger partial charge in [0.1, 0.15) is 0 Å². The van der Waals surface area contributed by atoms with Gasteiger partial charge in [0.15, 0.2) is 0 Å². The van der Waals surface area contributed by atoms with Crippen molar-refractivity contribution in [1.29, 1.82) is 0 Å². The first-order valence-corrected chi connectivity index (χ1v) is 5.39. The van der Waals surface area contributed by atoms with Gasteiger partial charge >= 0.3 is 11.9 Å². The first kappa shape index (κ1) is 13.2. The highest BCUT2D eigenvalue weighted by atomic mass is 16.5. The summed E-state index contributed by atoms with van der Waals surface area (Å²) in [7, 11) is 0. The Bertz CT molecular complexity index is 387. The molecule has 0 fully saturated rings. The van der Waals surface area contributed by atoms with Crippen molar-refractivity contribution >= 4 is 11.9 Å². The highest BCUT2D eigenvalue weighted by molar-refractivity contribution is 6.32. The summed E-state index contributed by atoms with van der Waals surface area (Å²) in [6, 6.07) is 7.84. The quantitative estimate of drug-likeness (QED) is 0.458. The molecule has 2 N–H and O–H groups in total. The van der Waals surface area contributed by atoms with E-state index in [0.29, 0.717) is 6.54 Å². The minimum absolute atomic E-state index is 0.185. The molecule has 17 heavy (non-hydrogen) atoms. The van der Waals surface area contributed by atoms with E-state index >= 15 is 0 Å². The zero-order chi connectivity index (χ0) is 12.7. The van der Waals surface area contributed by atoms with E-state index in [9.17, 15) is 9.59 Å². The Morgan fingerprint density at radius 2 is 1.88 bits per heavy atom. The molecule has 1 aromatic carbocycles. The predicted octanol–water partition coefficient (Wildman–Crippen LogP) is 0.679. The van der Waals surface area contributed by atoms with Crippen molar-refractivity contribution in [2.75, 3.05) is 6.61 Å². The van der Waals surface area contributed by atoms with Crippen LogP contribution in [0.25, 0.3) is 0 Å². The Morgan fingerprint density at radius 3 is 2.47 bits per heavy atom.